The molecule has 2 nitrogen and oxygen atoms in total. The minimum absolute atomic E-state index is 0.00407. The van der Waals surface area contributed by atoms with Crippen molar-refractivity contribution in [1.82, 2.24) is 9.97 Å². The molecule has 1 heterocycles. The Morgan fingerprint density at radius 3 is 2.12 bits per heavy atom. The molecular weight excluding hydrogens is 217 g/mol. The van der Waals surface area contributed by atoms with Crippen LogP contribution in [0.2, 0.25) is 0 Å². The van der Waals surface area contributed by atoms with Gasteiger partial charge in [-0.3, -0.25) is 0 Å². The average molecular weight is 224 g/mol. The fourth-order valence-electron chi connectivity index (χ4n) is 1.36. The molecule has 0 spiro atoms. The molecule has 0 saturated carbocycles. The molecule has 0 amide bonds. The zero-order valence-electron chi connectivity index (χ0n) is 8.07. The van der Waals surface area contributed by atoms with Gasteiger partial charge in [-0.25, -0.2) is 9.97 Å². The van der Waals surface area contributed by atoms with E-state index in [0.29, 0.717) is 0 Å². The fraction of sp³-hybridized carbons (Fsp3) is 0.0909. The maximum Gasteiger partial charge on any atom is 0.417 e. The monoisotopic (exact) mass is 224 g/mol. The van der Waals surface area contributed by atoms with Gasteiger partial charge in [0.05, 0.1) is 5.56 Å². The van der Waals surface area contributed by atoms with Gasteiger partial charge in [-0.15, -0.1) is 0 Å². The van der Waals surface area contributed by atoms with E-state index in [1.165, 1.54) is 30.6 Å². The second-order valence-electron chi connectivity index (χ2n) is 3.12. The van der Waals surface area contributed by atoms with Gasteiger partial charge in [-0.2, -0.15) is 13.2 Å². The van der Waals surface area contributed by atoms with Crippen molar-refractivity contribution in [2.24, 2.45) is 0 Å². The van der Waals surface area contributed by atoms with Gasteiger partial charge in [0.2, 0.25) is 0 Å². The Morgan fingerprint density at radius 1 is 0.875 bits per heavy atom. The van der Waals surface area contributed by atoms with E-state index < -0.39 is 11.7 Å². The minimum atomic E-state index is -4.39. The predicted octanol–water partition coefficient (Wildman–Crippen LogP) is 3.16. The topological polar surface area (TPSA) is 25.8 Å². The molecule has 2 rings (SSSR count). The lowest BCUT2D eigenvalue weighted by molar-refractivity contribution is -0.137. The Balaban J connectivity index is 2.58. The lowest BCUT2D eigenvalue weighted by Gasteiger charge is -2.10. The molecule has 1 aromatic carbocycles. The normalized spacial score (nSPS) is 11.4. The van der Waals surface area contributed by atoms with E-state index in [9.17, 15) is 13.2 Å². The van der Waals surface area contributed by atoms with Crippen LogP contribution >= 0.6 is 0 Å². The highest BCUT2D eigenvalue weighted by Gasteiger charge is 2.33. The molecule has 0 aliphatic rings. The molecule has 0 N–H and O–H groups in total. The Kier molecular flexibility index (Phi) is 2.60. The lowest BCUT2D eigenvalue weighted by Crippen LogP contribution is -2.07. The van der Waals surface area contributed by atoms with Crippen molar-refractivity contribution in [3.63, 3.8) is 0 Å². The SMILES string of the molecule is FC(F)(F)c1ccccc1-c1ncccn1. The standard InChI is InChI=1S/C11H7F3N2/c12-11(13,14)9-5-2-1-4-8(9)10-15-6-3-7-16-10/h1-7H. The van der Waals surface area contributed by atoms with Crippen LogP contribution in [0.4, 0.5) is 13.2 Å². The molecule has 0 atom stereocenters. The molecule has 2 aromatic rings. The lowest BCUT2D eigenvalue weighted by atomic mass is 10.1. The number of aromatic nitrogens is 2. The zero-order valence-corrected chi connectivity index (χ0v) is 8.07. The molecule has 0 unspecified atom stereocenters. The van der Waals surface area contributed by atoms with Gasteiger partial charge < -0.3 is 0 Å². The summed E-state index contributed by atoms with van der Waals surface area (Å²) in [5.74, 6) is 0.0791. The van der Waals surface area contributed by atoms with E-state index in [1.54, 1.807) is 6.07 Å². The summed E-state index contributed by atoms with van der Waals surface area (Å²) in [6.45, 7) is 0. The molecule has 0 aliphatic heterocycles. The summed E-state index contributed by atoms with van der Waals surface area (Å²) in [5, 5.41) is 0. The number of alkyl halides is 3. The molecule has 0 aliphatic carbocycles. The first-order chi connectivity index (χ1) is 7.59. The van der Waals surface area contributed by atoms with Crippen LogP contribution < -0.4 is 0 Å². The highest BCUT2D eigenvalue weighted by atomic mass is 19.4. The van der Waals surface area contributed by atoms with Crippen molar-refractivity contribution in [2.45, 2.75) is 6.18 Å². The number of rotatable bonds is 1. The molecule has 0 bridgehead atoms. The van der Waals surface area contributed by atoms with Gasteiger partial charge >= 0.3 is 6.18 Å². The Hall–Kier alpha value is -1.91. The molecular formula is C11H7F3N2. The van der Waals surface area contributed by atoms with Gasteiger partial charge in [-0.05, 0) is 12.1 Å². The van der Waals surface area contributed by atoms with Crippen molar-refractivity contribution in [3.8, 4) is 11.4 Å². The second-order valence-corrected chi connectivity index (χ2v) is 3.12. The van der Waals surface area contributed by atoms with Crippen molar-refractivity contribution in [2.75, 3.05) is 0 Å². The molecule has 16 heavy (non-hydrogen) atoms. The second kappa shape index (κ2) is 3.92. The Labute approximate surface area is 89.8 Å². The maximum atomic E-state index is 12.7. The Bertz CT molecular complexity index is 480. The number of nitrogens with zero attached hydrogens (tertiary/aromatic N) is 2. The summed E-state index contributed by atoms with van der Waals surface area (Å²) in [5.41, 5.74) is -0.725. The van der Waals surface area contributed by atoms with Crippen molar-refractivity contribution in [1.29, 1.82) is 0 Å². The fourth-order valence-corrected chi connectivity index (χ4v) is 1.36. The summed E-state index contributed by atoms with van der Waals surface area (Å²) in [7, 11) is 0. The van der Waals surface area contributed by atoms with E-state index in [0.717, 1.165) is 6.07 Å². The molecule has 0 radical (unpaired) electrons. The third-order valence-electron chi connectivity index (χ3n) is 2.04. The van der Waals surface area contributed by atoms with Crippen molar-refractivity contribution >= 4 is 0 Å². The van der Waals surface area contributed by atoms with Crippen LogP contribution in [0.15, 0.2) is 42.7 Å². The average Bonchev–Trinajstić information content (AvgIpc) is 2.29. The number of hydrogen-bond donors (Lipinski definition) is 0. The first kappa shape index (κ1) is 10.6. The summed E-state index contributed by atoms with van der Waals surface area (Å²) in [4.78, 5) is 7.62. The summed E-state index contributed by atoms with van der Waals surface area (Å²) in [6.07, 6.45) is -1.57. The predicted molar refractivity (Wildman–Crippen MR) is 52.5 cm³/mol. The third-order valence-corrected chi connectivity index (χ3v) is 2.04. The van der Waals surface area contributed by atoms with Gasteiger partial charge in [-0.1, -0.05) is 18.2 Å². The number of halogens is 3. The quantitative estimate of drug-likeness (QED) is 0.743. The highest BCUT2D eigenvalue weighted by Crippen LogP contribution is 2.35. The first-order valence-corrected chi connectivity index (χ1v) is 4.52. The van der Waals surface area contributed by atoms with Crippen molar-refractivity contribution in [3.05, 3.63) is 48.3 Å². The highest BCUT2D eigenvalue weighted by molar-refractivity contribution is 5.60. The van der Waals surface area contributed by atoms with Crippen LogP contribution in [-0.2, 0) is 6.18 Å². The van der Waals surface area contributed by atoms with E-state index in [2.05, 4.69) is 9.97 Å². The first-order valence-electron chi connectivity index (χ1n) is 4.52. The van der Waals surface area contributed by atoms with Crippen LogP contribution in [0.3, 0.4) is 0 Å². The maximum absolute atomic E-state index is 12.7. The smallest absolute Gasteiger partial charge is 0.237 e. The van der Waals surface area contributed by atoms with Gasteiger partial charge in [0.1, 0.15) is 0 Å². The van der Waals surface area contributed by atoms with Crippen LogP contribution in [0, 0.1) is 0 Å². The summed E-state index contributed by atoms with van der Waals surface area (Å²) < 4.78 is 38.0. The van der Waals surface area contributed by atoms with E-state index in [1.807, 2.05) is 0 Å². The molecule has 0 saturated heterocycles. The van der Waals surface area contributed by atoms with E-state index in [4.69, 9.17) is 0 Å². The van der Waals surface area contributed by atoms with Crippen LogP contribution in [0.5, 0.6) is 0 Å². The van der Waals surface area contributed by atoms with Gasteiger partial charge in [0.15, 0.2) is 5.82 Å². The molecule has 0 fully saturated rings. The van der Waals surface area contributed by atoms with Crippen LogP contribution in [-0.4, -0.2) is 9.97 Å². The minimum Gasteiger partial charge on any atom is -0.237 e. The number of hydrogen-bond acceptors (Lipinski definition) is 2. The zero-order chi connectivity index (χ0) is 11.6. The third kappa shape index (κ3) is 2.03. The van der Waals surface area contributed by atoms with Crippen molar-refractivity contribution < 1.29 is 13.2 Å². The summed E-state index contributed by atoms with van der Waals surface area (Å²) >= 11 is 0. The van der Waals surface area contributed by atoms with E-state index in [-0.39, 0.29) is 11.4 Å². The number of benzene rings is 1. The molecule has 5 heteroatoms. The molecule has 1 aromatic heterocycles. The largest absolute Gasteiger partial charge is 0.417 e. The summed E-state index contributed by atoms with van der Waals surface area (Å²) in [6, 6.07) is 6.81. The van der Waals surface area contributed by atoms with Crippen LogP contribution in [0.25, 0.3) is 11.4 Å². The molecule has 82 valence electrons. The van der Waals surface area contributed by atoms with E-state index >= 15 is 0 Å². The van der Waals surface area contributed by atoms with Crippen LogP contribution in [0.1, 0.15) is 5.56 Å². The van der Waals surface area contributed by atoms with Gasteiger partial charge in [0.25, 0.3) is 0 Å². The Morgan fingerprint density at radius 2 is 1.50 bits per heavy atom. The van der Waals surface area contributed by atoms with Gasteiger partial charge in [0, 0.05) is 18.0 Å².